The first-order chi connectivity index (χ1) is 12.5. The van der Waals surface area contributed by atoms with Gasteiger partial charge < -0.3 is 10.2 Å². The maximum Gasteiger partial charge on any atom is 0.290 e. The summed E-state index contributed by atoms with van der Waals surface area (Å²) >= 11 is 0. The summed E-state index contributed by atoms with van der Waals surface area (Å²) in [6.45, 7) is 4.67. The summed E-state index contributed by atoms with van der Waals surface area (Å²) in [6, 6.07) is 0.625. The lowest BCUT2D eigenvalue weighted by Gasteiger charge is -2.39. The second-order valence-electron chi connectivity index (χ2n) is 7.61. The number of nitrogens with zero attached hydrogens (tertiary/aromatic N) is 5. The van der Waals surface area contributed by atoms with Gasteiger partial charge in [0, 0.05) is 49.4 Å². The summed E-state index contributed by atoms with van der Waals surface area (Å²) in [6.07, 6.45) is 5.63. The molecule has 0 saturated carbocycles. The molecule has 2 aromatic rings. The number of hydrogen-bond donors (Lipinski definition) is 1. The third-order valence-corrected chi connectivity index (χ3v) is 5.85. The van der Waals surface area contributed by atoms with Crippen molar-refractivity contribution in [2.75, 3.05) is 24.5 Å². The van der Waals surface area contributed by atoms with Gasteiger partial charge in [-0.15, -0.1) is 0 Å². The van der Waals surface area contributed by atoms with Crippen LogP contribution in [0.5, 0.6) is 0 Å². The standard InChI is InChI=1S/C18H22F2N6/c1-11-4-6-25(11)17-23-15(12-7-22-26(10-12)13-8-21-9-13)14-3-2-5-18(19,20)16(14)24-17/h7,10-11,13,21H,2-6,8-9H2,1H3/t11-/m0/s1. The van der Waals surface area contributed by atoms with Crippen molar-refractivity contribution >= 4 is 5.95 Å². The minimum absolute atomic E-state index is 0.0825. The molecule has 6 nitrogen and oxygen atoms in total. The van der Waals surface area contributed by atoms with Gasteiger partial charge in [0.25, 0.3) is 5.92 Å². The molecule has 0 spiro atoms. The highest BCUT2D eigenvalue weighted by Crippen LogP contribution is 2.43. The molecule has 2 saturated heterocycles. The largest absolute Gasteiger partial charge is 0.338 e. The van der Waals surface area contributed by atoms with Crippen molar-refractivity contribution in [3.8, 4) is 11.3 Å². The summed E-state index contributed by atoms with van der Waals surface area (Å²) in [7, 11) is 0. The van der Waals surface area contributed by atoms with Crippen LogP contribution in [0.2, 0.25) is 0 Å². The summed E-state index contributed by atoms with van der Waals surface area (Å²) in [4.78, 5) is 11.1. The minimum atomic E-state index is -2.89. The lowest BCUT2D eigenvalue weighted by molar-refractivity contribution is -0.0263. The number of fused-ring (bicyclic) bond motifs is 1. The van der Waals surface area contributed by atoms with Crippen molar-refractivity contribution in [1.29, 1.82) is 0 Å². The second-order valence-corrected chi connectivity index (χ2v) is 7.61. The Hall–Kier alpha value is -2.09. The molecular formula is C18H22F2N6. The molecule has 1 aliphatic carbocycles. The average Bonchev–Trinajstić information content (AvgIpc) is 3.01. The van der Waals surface area contributed by atoms with Crippen LogP contribution in [-0.4, -0.2) is 45.4 Å². The summed E-state index contributed by atoms with van der Waals surface area (Å²) in [5, 5.41) is 7.66. The Labute approximate surface area is 150 Å². The third-order valence-electron chi connectivity index (χ3n) is 5.85. The first-order valence-corrected chi connectivity index (χ1v) is 9.34. The number of aromatic nitrogens is 4. The molecule has 26 heavy (non-hydrogen) atoms. The van der Waals surface area contributed by atoms with Gasteiger partial charge in [0.15, 0.2) is 0 Å². The molecule has 1 N–H and O–H groups in total. The van der Waals surface area contributed by atoms with Crippen LogP contribution in [0.25, 0.3) is 11.3 Å². The van der Waals surface area contributed by atoms with Gasteiger partial charge in [0.1, 0.15) is 5.69 Å². The van der Waals surface area contributed by atoms with Crippen LogP contribution in [0.1, 0.15) is 43.5 Å². The quantitative estimate of drug-likeness (QED) is 0.911. The van der Waals surface area contributed by atoms with Gasteiger partial charge in [-0.3, -0.25) is 4.68 Å². The Morgan fingerprint density at radius 1 is 1.27 bits per heavy atom. The van der Waals surface area contributed by atoms with Crippen LogP contribution in [0, 0.1) is 0 Å². The Bertz CT molecular complexity index is 844. The maximum atomic E-state index is 14.6. The average molecular weight is 360 g/mol. The lowest BCUT2D eigenvalue weighted by Crippen LogP contribution is -2.47. The molecule has 0 unspecified atom stereocenters. The van der Waals surface area contributed by atoms with E-state index in [0.29, 0.717) is 42.1 Å². The topological polar surface area (TPSA) is 58.9 Å². The van der Waals surface area contributed by atoms with Crippen molar-refractivity contribution in [3.05, 3.63) is 23.7 Å². The lowest BCUT2D eigenvalue weighted by atomic mass is 9.90. The van der Waals surface area contributed by atoms with Crippen molar-refractivity contribution in [1.82, 2.24) is 25.1 Å². The summed E-state index contributed by atoms with van der Waals surface area (Å²) in [5.74, 6) is -2.46. The van der Waals surface area contributed by atoms with E-state index in [1.54, 1.807) is 6.20 Å². The van der Waals surface area contributed by atoms with Gasteiger partial charge >= 0.3 is 0 Å². The van der Waals surface area contributed by atoms with E-state index >= 15 is 0 Å². The molecule has 0 bridgehead atoms. The number of hydrogen-bond acceptors (Lipinski definition) is 5. The van der Waals surface area contributed by atoms with Gasteiger partial charge in [-0.2, -0.15) is 13.9 Å². The molecule has 5 rings (SSSR count). The molecule has 4 heterocycles. The second kappa shape index (κ2) is 5.70. The van der Waals surface area contributed by atoms with Crippen LogP contribution in [0.15, 0.2) is 12.4 Å². The number of alkyl halides is 2. The molecule has 0 radical (unpaired) electrons. The maximum absolute atomic E-state index is 14.6. The molecular weight excluding hydrogens is 338 g/mol. The van der Waals surface area contributed by atoms with Crippen molar-refractivity contribution in [3.63, 3.8) is 0 Å². The highest BCUT2D eigenvalue weighted by molar-refractivity contribution is 5.65. The molecule has 1 atom stereocenters. The van der Waals surface area contributed by atoms with E-state index < -0.39 is 5.92 Å². The molecule has 3 aliphatic rings. The van der Waals surface area contributed by atoms with E-state index in [9.17, 15) is 8.78 Å². The number of anilines is 1. The number of nitrogens with one attached hydrogen (secondary N) is 1. The SMILES string of the molecule is C[C@H]1CCN1c1nc(-c2cnn(C3CNC3)c2)c2c(n1)C(F)(F)CCC2. The van der Waals surface area contributed by atoms with Gasteiger partial charge in [-0.25, -0.2) is 9.97 Å². The van der Waals surface area contributed by atoms with Crippen LogP contribution >= 0.6 is 0 Å². The van der Waals surface area contributed by atoms with Crippen molar-refractivity contribution in [2.24, 2.45) is 0 Å². The molecule has 2 aromatic heterocycles. The molecule has 138 valence electrons. The number of rotatable bonds is 3. The van der Waals surface area contributed by atoms with E-state index in [1.807, 2.05) is 15.8 Å². The predicted molar refractivity (Wildman–Crippen MR) is 93.4 cm³/mol. The first kappa shape index (κ1) is 16.1. The highest BCUT2D eigenvalue weighted by Gasteiger charge is 2.41. The Morgan fingerprint density at radius 2 is 2.12 bits per heavy atom. The van der Waals surface area contributed by atoms with Gasteiger partial charge in [0.05, 0.1) is 17.9 Å². The highest BCUT2D eigenvalue weighted by atomic mass is 19.3. The van der Waals surface area contributed by atoms with Crippen LogP contribution in [0.4, 0.5) is 14.7 Å². The molecule has 0 amide bonds. The molecule has 2 fully saturated rings. The minimum Gasteiger partial charge on any atom is -0.338 e. The summed E-state index contributed by atoms with van der Waals surface area (Å²) < 4.78 is 31.1. The van der Waals surface area contributed by atoms with E-state index in [0.717, 1.165) is 31.6 Å². The zero-order valence-corrected chi connectivity index (χ0v) is 14.8. The zero-order chi connectivity index (χ0) is 17.9. The monoisotopic (exact) mass is 360 g/mol. The third kappa shape index (κ3) is 2.42. The van der Waals surface area contributed by atoms with Gasteiger partial charge in [-0.05, 0) is 26.2 Å². The van der Waals surface area contributed by atoms with Gasteiger partial charge in [0.2, 0.25) is 5.95 Å². The Morgan fingerprint density at radius 3 is 2.77 bits per heavy atom. The Balaban J connectivity index is 1.63. The van der Waals surface area contributed by atoms with E-state index in [4.69, 9.17) is 4.98 Å². The summed E-state index contributed by atoms with van der Waals surface area (Å²) in [5.41, 5.74) is 1.94. The fourth-order valence-electron chi connectivity index (χ4n) is 3.92. The normalized spacial score (nSPS) is 24.7. The zero-order valence-electron chi connectivity index (χ0n) is 14.8. The van der Waals surface area contributed by atoms with Crippen LogP contribution in [-0.2, 0) is 12.3 Å². The van der Waals surface area contributed by atoms with Crippen molar-refractivity contribution < 1.29 is 8.78 Å². The molecule has 2 aliphatic heterocycles. The Kier molecular flexibility index (Phi) is 3.53. The van der Waals surface area contributed by atoms with E-state index in [2.05, 4.69) is 22.3 Å². The fraction of sp³-hybridized carbons (Fsp3) is 0.611. The van der Waals surface area contributed by atoms with Crippen LogP contribution in [0.3, 0.4) is 0 Å². The van der Waals surface area contributed by atoms with Crippen molar-refractivity contribution in [2.45, 2.75) is 50.6 Å². The molecule has 8 heteroatoms. The number of halogens is 2. The van der Waals surface area contributed by atoms with Crippen LogP contribution < -0.4 is 10.2 Å². The smallest absolute Gasteiger partial charge is 0.290 e. The van der Waals surface area contributed by atoms with E-state index in [1.165, 1.54) is 0 Å². The fourth-order valence-corrected chi connectivity index (χ4v) is 3.92. The van der Waals surface area contributed by atoms with Gasteiger partial charge in [-0.1, -0.05) is 0 Å². The first-order valence-electron chi connectivity index (χ1n) is 9.34. The van der Waals surface area contributed by atoms with E-state index in [-0.39, 0.29) is 12.1 Å². The molecule has 0 aromatic carbocycles. The predicted octanol–water partition coefficient (Wildman–Crippen LogP) is 2.51.